The highest BCUT2D eigenvalue weighted by molar-refractivity contribution is 6.50. The van der Waals surface area contributed by atoms with Gasteiger partial charge < -0.3 is 23.8 Å². The number of aliphatic carboxylic acids is 1. The average molecular weight is 417 g/mol. The third-order valence-electron chi connectivity index (χ3n) is 3.82. The molecule has 0 saturated carbocycles. The Bertz CT molecular complexity index is 1030. The number of benzene rings is 2. The van der Waals surface area contributed by atoms with E-state index in [0.717, 1.165) is 5.56 Å². The number of carbonyl (C=O) groups is 1. The van der Waals surface area contributed by atoms with Crippen molar-refractivity contribution in [2.24, 2.45) is 0 Å². The zero-order valence-electron chi connectivity index (χ0n) is 15.6. The molecular weight excluding hydrogens is 400 g/mol. The van der Waals surface area contributed by atoms with Crippen LogP contribution in [0.25, 0.3) is 22.5 Å². The lowest BCUT2D eigenvalue weighted by Crippen LogP contribution is -2.09. The predicted molar refractivity (Wildman–Crippen MR) is 106 cm³/mol. The Morgan fingerprint density at radius 1 is 1.14 bits per heavy atom. The van der Waals surface area contributed by atoms with Crippen LogP contribution in [0.1, 0.15) is 11.5 Å². The van der Waals surface area contributed by atoms with E-state index in [1.165, 1.54) is 7.11 Å². The first-order chi connectivity index (χ1) is 14.0. The molecule has 0 fully saturated rings. The molecule has 0 atom stereocenters. The fourth-order valence-electron chi connectivity index (χ4n) is 2.43. The van der Waals surface area contributed by atoms with Crippen molar-refractivity contribution in [1.29, 1.82) is 0 Å². The summed E-state index contributed by atoms with van der Waals surface area (Å²) in [5, 5.41) is 12.8. The van der Waals surface area contributed by atoms with Crippen molar-refractivity contribution in [1.82, 2.24) is 10.1 Å². The number of nitrogens with zero attached hydrogens (tertiary/aromatic N) is 2. The molecule has 0 saturated heterocycles. The Morgan fingerprint density at radius 3 is 2.52 bits per heavy atom. The molecule has 8 nitrogen and oxygen atoms in total. The second-order valence-corrected chi connectivity index (χ2v) is 6.14. The van der Waals surface area contributed by atoms with E-state index in [0.29, 0.717) is 28.6 Å². The van der Waals surface area contributed by atoms with E-state index in [-0.39, 0.29) is 10.9 Å². The van der Waals surface area contributed by atoms with E-state index in [1.807, 2.05) is 0 Å². The number of hydrogen-bond donors (Lipinski definition) is 1. The van der Waals surface area contributed by atoms with E-state index < -0.39 is 12.6 Å². The summed E-state index contributed by atoms with van der Waals surface area (Å²) in [7, 11) is 3.10. The Labute approximate surface area is 171 Å². The van der Waals surface area contributed by atoms with Crippen molar-refractivity contribution in [2.75, 3.05) is 20.8 Å². The van der Waals surface area contributed by atoms with Gasteiger partial charge in [-0.3, -0.25) is 0 Å². The summed E-state index contributed by atoms with van der Waals surface area (Å²) < 4.78 is 20.9. The fraction of sp³-hybridized carbons (Fsp3) is 0.150. The van der Waals surface area contributed by atoms with E-state index >= 15 is 0 Å². The summed E-state index contributed by atoms with van der Waals surface area (Å²) in [4.78, 5) is 14.8. The van der Waals surface area contributed by atoms with E-state index in [9.17, 15) is 4.79 Å². The van der Waals surface area contributed by atoms with Crippen molar-refractivity contribution < 1.29 is 28.6 Å². The molecule has 3 aromatic rings. The Balaban J connectivity index is 1.78. The van der Waals surface area contributed by atoms with Crippen LogP contribution >= 0.6 is 11.6 Å². The zero-order chi connectivity index (χ0) is 20.8. The van der Waals surface area contributed by atoms with Gasteiger partial charge in [-0.05, 0) is 35.9 Å². The first kappa shape index (κ1) is 20.2. The summed E-state index contributed by atoms with van der Waals surface area (Å²) in [6.45, 7) is -0.407. The fourth-order valence-corrected chi connectivity index (χ4v) is 2.63. The van der Waals surface area contributed by atoms with Gasteiger partial charge in [0.05, 0.1) is 19.8 Å². The predicted octanol–water partition coefficient (Wildman–Crippen LogP) is 3.95. The number of halogens is 1. The van der Waals surface area contributed by atoms with E-state index in [1.54, 1.807) is 55.7 Å². The summed E-state index contributed by atoms with van der Waals surface area (Å²) >= 11 is 6.31. The second-order valence-electron chi connectivity index (χ2n) is 5.73. The number of carboxylic acids is 1. The molecule has 0 aliphatic carbocycles. The third kappa shape index (κ3) is 5.05. The van der Waals surface area contributed by atoms with Gasteiger partial charge in [0.2, 0.25) is 5.82 Å². The van der Waals surface area contributed by atoms with Gasteiger partial charge in [0.25, 0.3) is 5.89 Å². The van der Waals surface area contributed by atoms with Crippen molar-refractivity contribution >= 4 is 28.7 Å². The van der Waals surface area contributed by atoms with Crippen LogP contribution in [0.5, 0.6) is 17.2 Å². The van der Waals surface area contributed by atoms with Crippen LogP contribution in [-0.2, 0) is 4.79 Å². The van der Waals surface area contributed by atoms with Crippen LogP contribution in [0.4, 0.5) is 0 Å². The molecule has 0 unspecified atom stereocenters. The number of carboxylic acid groups (broad SMARTS) is 1. The van der Waals surface area contributed by atoms with E-state index in [4.69, 9.17) is 35.4 Å². The minimum absolute atomic E-state index is 0.144. The number of rotatable bonds is 8. The lowest BCUT2D eigenvalue weighted by molar-refractivity contribution is -0.139. The van der Waals surface area contributed by atoms with E-state index in [2.05, 4.69) is 10.1 Å². The number of hydrogen-bond acceptors (Lipinski definition) is 7. The summed E-state index contributed by atoms with van der Waals surface area (Å²) in [6.07, 6.45) is 1.64. The number of aromatic nitrogens is 2. The standard InChI is InChI=1S/C20H17ClN2O6/c1-26-14-7-8-15(17(10-14)27-2)19-22-20(29-23-19)16(21)9-12-3-5-13(6-4-12)28-11-18(24)25/h3-10H,11H2,1-2H3,(H,24,25)/b16-9-. The third-order valence-corrected chi connectivity index (χ3v) is 4.09. The highest BCUT2D eigenvalue weighted by Crippen LogP contribution is 2.32. The Hall–Kier alpha value is -3.52. The largest absolute Gasteiger partial charge is 0.497 e. The number of ether oxygens (including phenoxy) is 3. The molecule has 0 aliphatic heterocycles. The normalized spacial score (nSPS) is 11.2. The zero-order valence-corrected chi connectivity index (χ0v) is 16.3. The average Bonchev–Trinajstić information content (AvgIpc) is 3.23. The van der Waals surface area contributed by atoms with Crippen LogP contribution in [0.3, 0.4) is 0 Å². The molecule has 0 radical (unpaired) electrons. The lowest BCUT2D eigenvalue weighted by Gasteiger charge is -2.07. The smallest absolute Gasteiger partial charge is 0.341 e. The lowest BCUT2D eigenvalue weighted by atomic mass is 10.2. The van der Waals surface area contributed by atoms with Gasteiger partial charge in [0, 0.05) is 6.07 Å². The van der Waals surface area contributed by atoms with Gasteiger partial charge in [0.1, 0.15) is 22.3 Å². The van der Waals surface area contributed by atoms with Crippen LogP contribution in [0.2, 0.25) is 0 Å². The molecule has 0 spiro atoms. The Morgan fingerprint density at radius 2 is 1.86 bits per heavy atom. The van der Waals surface area contributed by atoms with Crippen LogP contribution in [-0.4, -0.2) is 42.0 Å². The first-order valence-electron chi connectivity index (χ1n) is 8.38. The summed E-state index contributed by atoms with van der Waals surface area (Å²) in [5.41, 5.74) is 1.38. The summed E-state index contributed by atoms with van der Waals surface area (Å²) in [5.74, 6) is 1.04. The van der Waals surface area contributed by atoms with Gasteiger partial charge in [-0.2, -0.15) is 4.98 Å². The molecular formula is C20H17ClN2O6. The van der Waals surface area contributed by atoms with Gasteiger partial charge in [-0.1, -0.05) is 28.9 Å². The maximum Gasteiger partial charge on any atom is 0.341 e. The highest BCUT2D eigenvalue weighted by Gasteiger charge is 2.16. The molecule has 1 heterocycles. The maximum absolute atomic E-state index is 10.5. The number of methoxy groups -OCH3 is 2. The van der Waals surface area contributed by atoms with Crippen LogP contribution < -0.4 is 14.2 Å². The molecule has 3 rings (SSSR count). The second kappa shape index (κ2) is 9.11. The van der Waals surface area contributed by atoms with Crippen molar-refractivity contribution in [3.63, 3.8) is 0 Å². The van der Waals surface area contributed by atoms with Gasteiger partial charge >= 0.3 is 5.97 Å². The molecule has 0 bridgehead atoms. The quantitative estimate of drug-likeness (QED) is 0.588. The topological polar surface area (TPSA) is 104 Å². The van der Waals surface area contributed by atoms with Crippen LogP contribution in [0, 0.1) is 0 Å². The monoisotopic (exact) mass is 416 g/mol. The molecule has 0 amide bonds. The van der Waals surface area contributed by atoms with Gasteiger partial charge in [0.15, 0.2) is 6.61 Å². The maximum atomic E-state index is 10.5. The summed E-state index contributed by atoms with van der Waals surface area (Å²) in [6, 6.07) is 12.0. The first-order valence-corrected chi connectivity index (χ1v) is 8.76. The van der Waals surface area contributed by atoms with Gasteiger partial charge in [-0.15, -0.1) is 0 Å². The van der Waals surface area contributed by atoms with Crippen molar-refractivity contribution in [3.05, 3.63) is 53.9 Å². The molecule has 0 aliphatic rings. The van der Waals surface area contributed by atoms with Crippen LogP contribution in [0.15, 0.2) is 47.0 Å². The minimum Gasteiger partial charge on any atom is -0.497 e. The minimum atomic E-state index is -1.04. The molecule has 9 heteroatoms. The molecule has 2 aromatic carbocycles. The van der Waals surface area contributed by atoms with Crippen molar-refractivity contribution in [2.45, 2.75) is 0 Å². The SMILES string of the molecule is COc1ccc(-c2noc(/C(Cl)=C/c3ccc(OCC(=O)O)cc3)n2)c(OC)c1. The van der Waals surface area contributed by atoms with Gasteiger partial charge in [-0.25, -0.2) is 4.79 Å². The molecule has 29 heavy (non-hydrogen) atoms. The Kier molecular flexibility index (Phi) is 6.36. The van der Waals surface area contributed by atoms with Crippen molar-refractivity contribution in [3.8, 4) is 28.6 Å². The highest BCUT2D eigenvalue weighted by atomic mass is 35.5. The molecule has 150 valence electrons. The molecule has 1 N–H and O–H groups in total. The molecule has 1 aromatic heterocycles.